The van der Waals surface area contributed by atoms with Crippen molar-refractivity contribution in [2.24, 2.45) is 0 Å². The molecule has 1 aromatic heterocycles. The van der Waals surface area contributed by atoms with Crippen molar-refractivity contribution in [2.75, 3.05) is 13.2 Å². The van der Waals surface area contributed by atoms with Crippen LogP contribution in [-0.4, -0.2) is 29.7 Å². The Kier molecular flexibility index (Phi) is 5.72. The highest BCUT2D eigenvalue weighted by Crippen LogP contribution is 2.31. The van der Waals surface area contributed by atoms with E-state index in [9.17, 15) is 4.79 Å². The molecule has 0 saturated carbocycles. The quantitative estimate of drug-likeness (QED) is 0.671. The highest BCUT2D eigenvalue weighted by Gasteiger charge is 2.21. The average Bonchev–Trinajstić information content (AvgIpc) is 3.19. The normalized spacial score (nSPS) is 17.0. The highest BCUT2D eigenvalue weighted by molar-refractivity contribution is 6.42. The lowest BCUT2D eigenvalue weighted by atomic mass is 10.1. The second kappa shape index (κ2) is 7.81. The standard InChI is InChI=1S/C19H21Cl2NO3/c1-12-9-15(13(2)22(12)10-14-5-4-8-24-14)17(23)11-25-18-7-3-6-16(20)19(18)21/h3,6-7,9,14H,4-5,8,10-11H2,1-2H3/t14-/m0/s1. The molecule has 25 heavy (non-hydrogen) atoms. The number of aryl methyl sites for hydroxylation is 1. The van der Waals surface area contributed by atoms with Crippen molar-refractivity contribution >= 4 is 29.0 Å². The average molecular weight is 382 g/mol. The fourth-order valence-corrected chi connectivity index (χ4v) is 3.52. The molecule has 0 spiro atoms. The van der Waals surface area contributed by atoms with E-state index in [4.69, 9.17) is 32.7 Å². The summed E-state index contributed by atoms with van der Waals surface area (Å²) in [6.07, 6.45) is 2.40. The molecule has 1 saturated heterocycles. The zero-order chi connectivity index (χ0) is 18.0. The molecule has 2 heterocycles. The summed E-state index contributed by atoms with van der Waals surface area (Å²) in [4.78, 5) is 12.6. The predicted octanol–water partition coefficient (Wildman–Crippen LogP) is 4.85. The first-order valence-corrected chi connectivity index (χ1v) is 9.11. The molecule has 1 atom stereocenters. The maximum atomic E-state index is 12.6. The minimum Gasteiger partial charge on any atom is -0.484 e. The molecule has 4 nitrogen and oxygen atoms in total. The van der Waals surface area contributed by atoms with Crippen LogP contribution in [0.1, 0.15) is 34.6 Å². The van der Waals surface area contributed by atoms with E-state index in [-0.39, 0.29) is 18.5 Å². The van der Waals surface area contributed by atoms with Crippen LogP contribution in [0.5, 0.6) is 5.75 Å². The number of carbonyl (C=O) groups is 1. The fraction of sp³-hybridized carbons (Fsp3) is 0.421. The van der Waals surface area contributed by atoms with Gasteiger partial charge in [0.15, 0.2) is 6.61 Å². The zero-order valence-corrected chi connectivity index (χ0v) is 15.9. The lowest BCUT2D eigenvalue weighted by Gasteiger charge is -2.15. The van der Waals surface area contributed by atoms with Gasteiger partial charge in [0.1, 0.15) is 10.8 Å². The van der Waals surface area contributed by atoms with Gasteiger partial charge in [-0.15, -0.1) is 0 Å². The summed E-state index contributed by atoms with van der Waals surface area (Å²) in [6, 6.07) is 7.02. The molecular formula is C19H21Cl2NO3. The largest absolute Gasteiger partial charge is 0.484 e. The lowest BCUT2D eigenvalue weighted by molar-refractivity contribution is 0.0914. The summed E-state index contributed by atoms with van der Waals surface area (Å²) in [6.45, 7) is 5.50. The lowest BCUT2D eigenvalue weighted by Crippen LogP contribution is -2.18. The first kappa shape index (κ1) is 18.3. The minimum atomic E-state index is -0.0808. The van der Waals surface area contributed by atoms with Crippen LogP contribution >= 0.6 is 23.2 Å². The minimum absolute atomic E-state index is 0.0791. The molecule has 1 fully saturated rings. The summed E-state index contributed by atoms with van der Waals surface area (Å²) in [5.74, 6) is 0.332. The van der Waals surface area contributed by atoms with Gasteiger partial charge in [-0.05, 0) is 44.9 Å². The Balaban J connectivity index is 1.70. The predicted molar refractivity (Wildman–Crippen MR) is 99.2 cm³/mol. The third kappa shape index (κ3) is 4.02. The first-order valence-electron chi connectivity index (χ1n) is 8.35. The maximum absolute atomic E-state index is 12.6. The molecule has 0 unspecified atom stereocenters. The molecular weight excluding hydrogens is 361 g/mol. The molecule has 6 heteroatoms. The van der Waals surface area contributed by atoms with E-state index in [0.29, 0.717) is 21.4 Å². The van der Waals surface area contributed by atoms with Crippen LogP contribution in [-0.2, 0) is 11.3 Å². The molecule has 2 aromatic rings. The number of ketones is 1. The second-order valence-corrected chi connectivity index (χ2v) is 7.08. The number of rotatable bonds is 6. The van der Waals surface area contributed by atoms with Gasteiger partial charge in [0.2, 0.25) is 5.78 Å². The fourth-order valence-electron chi connectivity index (χ4n) is 3.17. The van der Waals surface area contributed by atoms with Gasteiger partial charge in [0.25, 0.3) is 0 Å². The van der Waals surface area contributed by atoms with Crippen molar-refractivity contribution in [3.63, 3.8) is 0 Å². The highest BCUT2D eigenvalue weighted by atomic mass is 35.5. The van der Waals surface area contributed by atoms with Crippen molar-refractivity contribution in [3.8, 4) is 5.75 Å². The molecule has 1 aromatic carbocycles. The van der Waals surface area contributed by atoms with Crippen molar-refractivity contribution in [1.29, 1.82) is 0 Å². The number of aromatic nitrogens is 1. The van der Waals surface area contributed by atoms with E-state index >= 15 is 0 Å². The Morgan fingerprint density at radius 3 is 2.88 bits per heavy atom. The third-order valence-corrected chi connectivity index (χ3v) is 5.36. The number of nitrogens with zero attached hydrogens (tertiary/aromatic N) is 1. The molecule has 134 valence electrons. The summed E-state index contributed by atoms with van der Waals surface area (Å²) in [5, 5.41) is 0.724. The summed E-state index contributed by atoms with van der Waals surface area (Å²) < 4.78 is 13.4. The van der Waals surface area contributed by atoms with Gasteiger partial charge in [-0.3, -0.25) is 4.79 Å². The first-order chi connectivity index (χ1) is 12.0. The molecule has 1 aliphatic rings. The molecule has 1 aliphatic heterocycles. The van der Waals surface area contributed by atoms with Crippen molar-refractivity contribution < 1.29 is 14.3 Å². The number of carbonyl (C=O) groups excluding carboxylic acids is 1. The summed E-state index contributed by atoms with van der Waals surface area (Å²) in [7, 11) is 0. The number of Topliss-reactive ketones (excluding diaryl/α,β-unsaturated/α-hetero) is 1. The Morgan fingerprint density at radius 1 is 1.36 bits per heavy atom. The number of hydrogen-bond acceptors (Lipinski definition) is 3. The monoisotopic (exact) mass is 381 g/mol. The van der Waals surface area contributed by atoms with Crippen LogP contribution < -0.4 is 4.74 Å². The van der Waals surface area contributed by atoms with E-state index < -0.39 is 0 Å². The van der Waals surface area contributed by atoms with Crippen LogP contribution in [0.25, 0.3) is 0 Å². The van der Waals surface area contributed by atoms with Gasteiger partial charge in [0, 0.05) is 30.1 Å². The Morgan fingerprint density at radius 2 is 2.16 bits per heavy atom. The Bertz CT molecular complexity index is 779. The van der Waals surface area contributed by atoms with Crippen molar-refractivity contribution in [3.05, 3.63) is 51.3 Å². The van der Waals surface area contributed by atoms with E-state index in [1.165, 1.54) is 0 Å². The summed E-state index contributed by atoms with van der Waals surface area (Å²) >= 11 is 12.1. The summed E-state index contributed by atoms with van der Waals surface area (Å²) in [5.41, 5.74) is 2.67. The number of benzene rings is 1. The van der Waals surface area contributed by atoms with Crippen molar-refractivity contribution in [1.82, 2.24) is 4.57 Å². The van der Waals surface area contributed by atoms with E-state index in [1.54, 1.807) is 18.2 Å². The third-order valence-electron chi connectivity index (χ3n) is 4.56. The van der Waals surface area contributed by atoms with Crippen LogP contribution in [0.4, 0.5) is 0 Å². The number of halogens is 2. The van der Waals surface area contributed by atoms with E-state index in [2.05, 4.69) is 4.57 Å². The SMILES string of the molecule is Cc1cc(C(=O)COc2cccc(Cl)c2Cl)c(C)n1C[C@@H]1CCCO1. The number of ether oxygens (including phenoxy) is 2. The zero-order valence-electron chi connectivity index (χ0n) is 14.4. The van der Waals surface area contributed by atoms with Gasteiger partial charge in [0.05, 0.1) is 11.1 Å². The Hall–Kier alpha value is -1.49. The van der Waals surface area contributed by atoms with Crippen LogP contribution in [0.2, 0.25) is 10.0 Å². The molecule has 0 aliphatic carbocycles. The van der Waals surface area contributed by atoms with Gasteiger partial charge in [-0.2, -0.15) is 0 Å². The van der Waals surface area contributed by atoms with E-state index in [0.717, 1.165) is 37.4 Å². The van der Waals surface area contributed by atoms with E-state index in [1.807, 2.05) is 19.9 Å². The second-order valence-electron chi connectivity index (χ2n) is 6.29. The molecule has 3 rings (SSSR count). The smallest absolute Gasteiger partial charge is 0.202 e. The molecule has 0 bridgehead atoms. The van der Waals surface area contributed by atoms with Gasteiger partial charge in [-0.25, -0.2) is 0 Å². The van der Waals surface area contributed by atoms with Crippen molar-refractivity contribution in [2.45, 2.75) is 39.3 Å². The molecule has 0 amide bonds. The topological polar surface area (TPSA) is 40.5 Å². The van der Waals surface area contributed by atoms with Gasteiger partial charge >= 0.3 is 0 Å². The maximum Gasteiger partial charge on any atom is 0.202 e. The van der Waals surface area contributed by atoms with Gasteiger partial charge in [-0.1, -0.05) is 29.3 Å². The molecule has 0 radical (unpaired) electrons. The Labute approximate surface area is 157 Å². The van der Waals surface area contributed by atoms with Crippen LogP contribution in [0.15, 0.2) is 24.3 Å². The van der Waals surface area contributed by atoms with Crippen LogP contribution in [0.3, 0.4) is 0 Å². The van der Waals surface area contributed by atoms with Gasteiger partial charge < -0.3 is 14.0 Å². The molecule has 0 N–H and O–H groups in total. The number of hydrogen-bond donors (Lipinski definition) is 0. The van der Waals surface area contributed by atoms with Crippen LogP contribution in [0, 0.1) is 13.8 Å².